The predicted octanol–water partition coefficient (Wildman–Crippen LogP) is 1.39. The van der Waals surface area contributed by atoms with Crippen LogP contribution in [-0.4, -0.2) is 43.7 Å². The Kier molecular flexibility index (Phi) is 6.70. The highest BCUT2D eigenvalue weighted by atomic mass is 19.4. The molecule has 4 nitrogen and oxygen atoms in total. The molecule has 0 aliphatic rings. The van der Waals surface area contributed by atoms with Crippen LogP contribution in [0.3, 0.4) is 0 Å². The Morgan fingerprint density at radius 2 is 2.00 bits per heavy atom. The second-order valence-electron chi connectivity index (χ2n) is 4.62. The first-order valence-electron chi connectivity index (χ1n) is 5.58. The number of carbonyl (C=O) groups excluding carboxylic acids is 1. The van der Waals surface area contributed by atoms with Gasteiger partial charge in [-0.2, -0.15) is 18.4 Å². The predicted molar refractivity (Wildman–Crippen MR) is 60.5 cm³/mol. The molecule has 0 radical (unpaired) electrons. The minimum absolute atomic E-state index is 0.152. The molecule has 0 aromatic heterocycles. The maximum Gasteiger partial charge on any atom is 0.405 e. The van der Waals surface area contributed by atoms with E-state index in [-0.39, 0.29) is 18.4 Å². The quantitative estimate of drug-likeness (QED) is 0.789. The number of likely N-dealkylation sites (N-methyl/N-ethyl adjacent to an activating group) is 1. The Bertz CT molecular complexity index is 310. The molecule has 18 heavy (non-hydrogen) atoms. The smallest absolute Gasteiger partial charge is 0.355 e. The molecule has 0 aliphatic heterocycles. The van der Waals surface area contributed by atoms with Crippen LogP contribution in [0.4, 0.5) is 13.2 Å². The molecule has 1 amide bonds. The molecule has 0 spiro atoms. The number of rotatable bonds is 6. The second kappa shape index (κ2) is 7.21. The standard InChI is InChI=1S/C11H18F3N3O/c1-8(2)5-16-10(18)7-17(3)6-9(4-15)11(12,13)14/h8-9H,5-7H2,1-3H3,(H,16,18). The van der Waals surface area contributed by atoms with Crippen LogP contribution in [0.25, 0.3) is 0 Å². The molecule has 0 aromatic rings. The molecule has 0 saturated carbocycles. The van der Waals surface area contributed by atoms with Crippen molar-refractivity contribution >= 4 is 5.91 Å². The van der Waals surface area contributed by atoms with E-state index in [4.69, 9.17) is 5.26 Å². The summed E-state index contributed by atoms with van der Waals surface area (Å²) in [5.74, 6) is -2.13. The summed E-state index contributed by atoms with van der Waals surface area (Å²) < 4.78 is 37.0. The van der Waals surface area contributed by atoms with Gasteiger partial charge in [0.15, 0.2) is 5.92 Å². The first-order chi connectivity index (χ1) is 8.16. The third-order valence-electron chi connectivity index (χ3n) is 2.17. The fourth-order valence-electron chi connectivity index (χ4n) is 1.21. The van der Waals surface area contributed by atoms with Crippen LogP contribution in [-0.2, 0) is 4.79 Å². The molecule has 1 atom stereocenters. The highest BCUT2D eigenvalue weighted by molar-refractivity contribution is 5.77. The van der Waals surface area contributed by atoms with Crippen LogP contribution in [0.2, 0.25) is 0 Å². The lowest BCUT2D eigenvalue weighted by atomic mass is 10.1. The van der Waals surface area contributed by atoms with Gasteiger partial charge in [0.2, 0.25) is 5.91 Å². The van der Waals surface area contributed by atoms with E-state index in [0.29, 0.717) is 6.54 Å². The Labute approximate surface area is 105 Å². The number of amides is 1. The van der Waals surface area contributed by atoms with Gasteiger partial charge in [0.1, 0.15) is 0 Å². The lowest BCUT2D eigenvalue weighted by Crippen LogP contribution is -2.41. The van der Waals surface area contributed by atoms with Crippen molar-refractivity contribution in [3.8, 4) is 6.07 Å². The number of carbonyl (C=O) groups is 1. The normalized spacial score (nSPS) is 13.5. The molecule has 0 heterocycles. The Balaban J connectivity index is 4.14. The van der Waals surface area contributed by atoms with Gasteiger partial charge in [-0.15, -0.1) is 0 Å². The van der Waals surface area contributed by atoms with E-state index in [0.717, 1.165) is 0 Å². The molecule has 0 saturated heterocycles. The molecule has 0 bridgehead atoms. The summed E-state index contributed by atoms with van der Waals surface area (Å²) in [5.41, 5.74) is 0. The van der Waals surface area contributed by atoms with E-state index < -0.39 is 18.6 Å². The van der Waals surface area contributed by atoms with E-state index in [1.54, 1.807) is 0 Å². The van der Waals surface area contributed by atoms with Crippen molar-refractivity contribution in [2.75, 3.05) is 26.7 Å². The van der Waals surface area contributed by atoms with Crippen LogP contribution < -0.4 is 5.32 Å². The molecule has 0 aromatic carbocycles. The number of nitriles is 1. The van der Waals surface area contributed by atoms with Gasteiger partial charge in [0.25, 0.3) is 0 Å². The van der Waals surface area contributed by atoms with E-state index in [1.807, 2.05) is 13.8 Å². The monoisotopic (exact) mass is 265 g/mol. The highest BCUT2D eigenvalue weighted by Gasteiger charge is 2.40. The van der Waals surface area contributed by atoms with Crippen molar-refractivity contribution in [1.82, 2.24) is 10.2 Å². The van der Waals surface area contributed by atoms with Gasteiger partial charge in [-0.25, -0.2) is 0 Å². The topological polar surface area (TPSA) is 56.1 Å². The average molecular weight is 265 g/mol. The summed E-state index contributed by atoms with van der Waals surface area (Å²) >= 11 is 0. The third kappa shape index (κ3) is 7.12. The number of hydrogen-bond acceptors (Lipinski definition) is 3. The van der Waals surface area contributed by atoms with Crippen molar-refractivity contribution in [1.29, 1.82) is 5.26 Å². The summed E-state index contributed by atoms with van der Waals surface area (Å²) in [6.45, 7) is 3.66. The average Bonchev–Trinajstić information content (AvgIpc) is 2.21. The zero-order valence-electron chi connectivity index (χ0n) is 10.7. The summed E-state index contributed by atoms with van der Waals surface area (Å²) in [5, 5.41) is 11.0. The van der Waals surface area contributed by atoms with Crippen molar-refractivity contribution < 1.29 is 18.0 Å². The lowest BCUT2D eigenvalue weighted by molar-refractivity contribution is -0.163. The largest absolute Gasteiger partial charge is 0.405 e. The highest BCUT2D eigenvalue weighted by Crippen LogP contribution is 2.25. The Hall–Kier alpha value is -1.29. The maximum atomic E-state index is 12.3. The van der Waals surface area contributed by atoms with Crippen LogP contribution in [0.5, 0.6) is 0 Å². The lowest BCUT2D eigenvalue weighted by Gasteiger charge is -2.21. The first-order valence-corrected chi connectivity index (χ1v) is 5.58. The number of nitrogens with one attached hydrogen (secondary N) is 1. The van der Waals surface area contributed by atoms with Gasteiger partial charge < -0.3 is 5.32 Å². The van der Waals surface area contributed by atoms with E-state index in [1.165, 1.54) is 18.0 Å². The Morgan fingerprint density at radius 1 is 1.44 bits per heavy atom. The van der Waals surface area contributed by atoms with Crippen LogP contribution >= 0.6 is 0 Å². The minimum Gasteiger partial charge on any atom is -0.355 e. The van der Waals surface area contributed by atoms with Gasteiger partial charge in [0, 0.05) is 13.1 Å². The summed E-state index contributed by atoms with van der Waals surface area (Å²) in [6.07, 6.45) is -4.56. The van der Waals surface area contributed by atoms with Crippen LogP contribution in [0.1, 0.15) is 13.8 Å². The van der Waals surface area contributed by atoms with Gasteiger partial charge in [-0.1, -0.05) is 13.8 Å². The van der Waals surface area contributed by atoms with Gasteiger partial charge in [-0.3, -0.25) is 9.69 Å². The van der Waals surface area contributed by atoms with E-state index >= 15 is 0 Å². The van der Waals surface area contributed by atoms with E-state index in [9.17, 15) is 18.0 Å². The number of hydrogen-bond donors (Lipinski definition) is 1. The molecular weight excluding hydrogens is 247 g/mol. The molecule has 104 valence electrons. The zero-order valence-corrected chi connectivity index (χ0v) is 10.7. The molecule has 0 fully saturated rings. The SMILES string of the molecule is CC(C)CNC(=O)CN(C)CC(C#N)C(F)(F)F. The molecule has 1 unspecified atom stereocenters. The summed E-state index contributed by atoms with van der Waals surface area (Å²) in [4.78, 5) is 12.6. The Morgan fingerprint density at radius 3 is 2.39 bits per heavy atom. The minimum atomic E-state index is -4.56. The number of nitrogens with zero attached hydrogens (tertiary/aromatic N) is 2. The van der Waals surface area contributed by atoms with Crippen LogP contribution in [0, 0.1) is 23.2 Å². The van der Waals surface area contributed by atoms with Gasteiger partial charge in [0.05, 0.1) is 12.6 Å². The first kappa shape index (κ1) is 16.7. The van der Waals surface area contributed by atoms with Crippen molar-refractivity contribution in [2.24, 2.45) is 11.8 Å². The van der Waals surface area contributed by atoms with Gasteiger partial charge in [-0.05, 0) is 13.0 Å². The molecular formula is C11H18F3N3O. The summed E-state index contributed by atoms with van der Waals surface area (Å²) in [7, 11) is 1.38. The molecule has 1 N–H and O–H groups in total. The van der Waals surface area contributed by atoms with E-state index in [2.05, 4.69) is 5.32 Å². The zero-order chi connectivity index (χ0) is 14.3. The van der Waals surface area contributed by atoms with Crippen molar-refractivity contribution in [2.45, 2.75) is 20.0 Å². The third-order valence-corrected chi connectivity index (χ3v) is 2.17. The fraction of sp³-hybridized carbons (Fsp3) is 0.818. The van der Waals surface area contributed by atoms with Crippen LogP contribution in [0.15, 0.2) is 0 Å². The van der Waals surface area contributed by atoms with Crippen molar-refractivity contribution in [3.05, 3.63) is 0 Å². The molecule has 7 heteroatoms. The van der Waals surface area contributed by atoms with Crippen molar-refractivity contribution in [3.63, 3.8) is 0 Å². The number of alkyl halides is 3. The van der Waals surface area contributed by atoms with Gasteiger partial charge >= 0.3 is 6.18 Å². The molecule has 0 rings (SSSR count). The maximum absolute atomic E-state index is 12.3. The molecule has 0 aliphatic carbocycles. The number of halogens is 3. The second-order valence-corrected chi connectivity index (χ2v) is 4.62. The fourth-order valence-corrected chi connectivity index (χ4v) is 1.21. The summed E-state index contributed by atoms with van der Waals surface area (Å²) in [6, 6.07) is 1.20.